The van der Waals surface area contributed by atoms with Crippen LogP contribution in [0.1, 0.15) is 25.1 Å². The molecule has 0 fully saturated rings. The Hall–Kier alpha value is -2.94. The van der Waals surface area contributed by atoms with E-state index >= 15 is 0 Å². The average Bonchev–Trinajstić information content (AvgIpc) is 3.33. The molecule has 0 radical (unpaired) electrons. The van der Waals surface area contributed by atoms with Crippen LogP contribution < -0.4 is 10.1 Å². The van der Waals surface area contributed by atoms with E-state index in [1.165, 1.54) is 0 Å². The number of carbonyl (C=O) groups excluding carboxylic acids is 1. The molecule has 9 heteroatoms. The van der Waals surface area contributed by atoms with Crippen LogP contribution in [0.3, 0.4) is 0 Å². The minimum atomic E-state index is -0.0543. The second kappa shape index (κ2) is 9.32. The fraction of sp³-hybridized carbons (Fsp3) is 0.368. The number of aromatic amines is 1. The smallest absolute Gasteiger partial charge is 0.220 e. The summed E-state index contributed by atoms with van der Waals surface area (Å²) in [5.74, 6) is 2.77. The molecule has 148 valence electrons. The van der Waals surface area contributed by atoms with Gasteiger partial charge in [-0.2, -0.15) is 5.10 Å². The lowest BCUT2D eigenvalue weighted by Gasteiger charge is -2.05. The predicted molar refractivity (Wildman–Crippen MR) is 107 cm³/mol. The van der Waals surface area contributed by atoms with Gasteiger partial charge in [-0.1, -0.05) is 0 Å². The molecule has 0 unspecified atom stereocenters. The maximum atomic E-state index is 12.1. The molecule has 2 N–H and O–H groups in total. The Bertz CT molecular complexity index is 974. The monoisotopic (exact) mass is 401 g/mol. The molecule has 0 atom stereocenters. The molecule has 0 bridgehead atoms. The molecule has 1 amide bonds. The summed E-state index contributed by atoms with van der Waals surface area (Å²) in [4.78, 5) is 16.3. The fourth-order valence-corrected chi connectivity index (χ4v) is 3.08. The van der Waals surface area contributed by atoms with Gasteiger partial charge in [-0.25, -0.2) is 4.98 Å². The lowest BCUT2D eigenvalue weighted by Crippen LogP contribution is -2.26. The van der Waals surface area contributed by atoms with Crippen LogP contribution in [0.25, 0.3) is 11.3 Å². The molecule has 2 heterocycles. The number of rotatable bonds is 9. The highest BCUT2D eigenvalue weighted by Crippen LogP contribution is 2.23. The molecule has 3 aromatic rings. The van der Waals surface area contributed by atoms with Gasteiger partial charge in [0, 0.05) is 37.9 Å². The third-order valence-corrected chi connectivity index (χ3v) is 4.63. The summed E-state index contributed by atoms with van der Waals surface area (Å²) >= 11 is 5.15. The van der Waals surface area contributed by atoms with Crippen molar-refractivity contribution in [2.75, 3.05) is 13.7 Å². The Morgan fingerprint density at radius 1 is 1.32 bits per heavy atom. The van der Waals surface area contributed by atoms with Crippen LogP contribution in [0.4, 0.5) is 0 Å². The number of hydrogen-bond acceptors (Lipinski definition) is 6. The van der Waals surface area contributed by atoms with Crippen LogP contribution in [0.15, 0.2) is 34.9 Å². The van der Waals surface area contributed by atoms with E-state index < -0.39 is 0 Å². The lowest BCUT2D eigenvalue weighted by atomic mass is 10.2. The quantitative estimate of drug-likeness (QED) is 0.535. The van der Waals surface area contributed by atoms with Crippen LogP contribution in [0.2, 0.25) is 0 Å². The van der Waals surface area contributed by atoms with Crippen molar-refractivity contribution in [3.8, 4) is 17.1 Å². The molecule has 28 heavy (non-hydrogen) atoms. The normalized spacial score (nSPS) is 10.8. The van der Waals surface area contributed by atoms with Gasteiger partial charge in [0.05, 0.1) is 13.3 Å². The van der Waals surface area contributed by atoms with Gasteiger partial charge in [0.2, 0.25) is 5.91 Å². The number of aryl methyl sites for hydroxylation is 1. The molecule has 0 aliphatic rings. The van der Waals surface area contributed by atoms with Crippen molar-refractivity contribution in [3.05, 3.63) is 46.9 Å². The zero-order valence-electron chi connectivity index (χ0n) is 15.9. The highest BCUT2D eigenvalue weighted by atomic mass is 32.1. The standard InChI is InChI=1S/C19H23N5O3S/c1-3-24-16(22-23-19(24)28)10-11-20-17(25)8-9-18-21-12-15(27-18)13-4-6-14(26-2)7-5-13/h4-7,12H,3,8-11H2,1-2H3,(H,20,25)(H,23,28). The van der Waals surface area contributed by atoms with Gasteiger partial charge in [-0.15, -0.1) is 0 Å². The number of aromatic nitrogens is 4. The first-order chi connectivity index (χ1) is 13.6. The van der Waals surface area contributed by atoms with Crippen LogP contribution in [0, 0.1) is 4.77 Å². The summed E-state index contributed by atoms with van der Waals surface area (Å²) in [7, 11) is 1.62. The number of H-pyrrole nitrogens is 1. The Morgan fingerprint density at radius 2 is 2.11 bits per heavy atom. The van der Waals surface area contributed by atoms with E-state index in [4.69, 9.17) is 21.4 Å². The summed E-state index contributed by atoms with van der Waals surface area (Å²) < 4.78 is 13.4. The van der Waals surface area contributed by atoms with Gasteiger partial charge in [0.15, 0.2) is 16.4 Å². The topological polar surface area (TPSA) is 98.0 Å². The predicted octanol–water partition coefficient (Wildman–Crippen LogP) is 2.92. The maximum Gasteiger partial charge on any atom is 0.220 e. The molecule has 2 aromatic heterocycles. The molecular formula is C19H23N5O3S. The molecule has 0 spiro atoms. The van der Waals surface area contributed by atoms with Crippen molar-refractivity contribution in [1.82, 2.24) is 25.1 Å². The highest BCUT2D eigenvalue weighted by Gasteiger charge is 2.10. The number of carbonyl (C=O) groups is 1. The third-order valence-electron chi connectivity index (χ3n) is 4.32. The van der Waals surface area contributed by atoms with Crippen molar-refractivity contribution >= 4 is 18.1 Å². The number of hydrogen-bond donors (Lipinski definition) is 2. The Labute approximate surface area is 167 Å². The van der Waals surface area contributed by atoms with Crippen molar-refractivity contribution < 1.29 is 13.9 Å². The molecule has 0 saturated heterocycles. The van der Waals surface area contributed by atoms with Crippen molar-refractivity contribution in [2.45, 2.75) is 32.7 Å². The van der Waals surface area contributed by atoms with Crippen LogP contribution >= 0.6 is 12.2 Å². The van der Waals surface area contributed by atoms with Gasteiger partial charge in [0.25, 0.3) is 0 Å². The molecule has 3 rings (SSSR count). The first-order valence-electron chi connectivity index (χ1n) is 9.10. The number of methoxy groups -OCH3 is 1. The Kier molecular flexibility index (Phi) is 6.59. The number of oxazole rings is 1. The van der Waals surface area contributed by atoms with Crippen LogP contribution in [0.5, 0.6) is 5.75 Å². The lowest BCUT2D eigenvalue weighted by molar-refractivity contribution is -0.121. The van der Waals surface area contributed by atoms with E-state index in [9.17, 15) is 4.79 Å². The van der Waals surface area contributed by atoms with E-state index in [1.54, 1.807) is 13.3 Å². The van der Waals surface area contributed by atoms with E-state index in [1.807, 2.05) is 35.8 Å². The molecule has 0 aliphatic heterocycles. The van der Waals surface area contributed by atoms with Gasteiger partial charge in [-0.05, 0) is 43.4 Å². The second-order valence-electron chi connectivity index (χ2n) is 6.14. The average molecular weight is 401 g/mol. The van der Waals surface area contributed by atoms with E-state index in [-0.39, 0.29) is 5.91 Å². The third kappa shape index (κ3) is 4.86. The molecular weight excluding hydrogens is 378 g/mol. The minimum Gasteiger partial charge on any atom is -0.497 e. The number of amides is 1. The summed E-state index contributed by atoms with van der Waals surface area (Å²) in [6.45, 7) is 3.25. The highest BCUT2D eigenvalue weighted by molar-refractivity contribution is 7.71. The zero-order chi connectivity index (χ0) is 19.9. The first kappa shape index (κ1) is 19.8. The number of benzene rings is 1. The van der Waals surface area contributed by atoms with Gasteiger partial charge < -0.3 is 19.0 Å². The number of ether oxygens (including phenoxy) is 1. The van der Waals surface area contributed by atoms with Crippen molar-refractivity contribution in [3.63, 3.8) is 0 Å². The Morgan fingerprint density at radius 3 is 2.82 bits per heavy atom. The molecule has 0 aliphatic carbocycles. The molecule has 1 aromatic carbocycles. The Balaban J connectivity index is 1.45. The van der Waals surface area contributed by atoms with E-state index in [2.05, 4.69) is 20.5 Å². The second-order valence-corrected chi connectivity index (χ2v) is 6.52. The maximum absolute atomic E-state index is 12.1. The molecule has 0 saturated carbocycles. The number of nitrogens with one attached hydrogen (secondary N) is 2. The molecule has 8 nitrogen and oxygen atoms in total. The fourth-order valence-electron chi connectivity index (χ4n) is 2.80. The zero-order valence-corrected chi connectivity index (χ0v) is 16.7. The van der Waals surface area contributed by atoms with E-state index in [0.29, 0.717) is 42.2 Å². The largest absolute Gasteiger partial charge is 0.497 e. The van der Waals surface area contributed by atoms with Gasteiger partial charge in [-0.3, -0.25) is 9.89 Å². The summed E-state index contributed by atoms with van der Waals surface area (Å²) in [6.07, 6.45) is 3.04. The summed E-state index contributed by atoms with van der Waals surface area (Å²) in [5, 5.41) is 9.84. The summed E-state index contributed by atoms with van der Waals surface area (Å²) in [6, 6.07) is 7.53. The van der Waals surface area contributed by atoms with Crippen LogP contribution in [-0.4, -0.2) is 39.3 Å². The van der Waals surface area contributed by atoms with Gasteiger partial charge in [0.1, 0.15) is 11.6 Å². The van der Waals surface area contributed by atoms with Crippen molar-refractivity contribution in [2.24, 2.45) is 0 Å². The summed E-state index contributed by atoms with van der Waals surface area (Å²) in [5.41, 5.74) is 0.911. The van der Waals surface area contributed by atoms with Crippen LogP contribution in [-0.2, 0) is 24.2 Å². The first-order valence-corrected chi connectivity index (χ1v) is 9.51. The van der Waals surface area contributed by atoms with E-state index in [0.717, 1.165) is 23.7 Å². The van der Waals surface area contributed by atoms with Gasteiger partial charge >= 0.3 is 0 Å². The SMILES string of the molecule is CCn1c(CCNC(=O)CCc2ncc(-c3ccc(OC)cc3)o2)n[nH]c1=S. The number of nitrogens with zero attached hydrogens (tertiary/aromatic N) is 3. The van der Waals surface area contributed by atoms with Crippen molar-refractivity contribution in [1.29, 1.82) is 0 Å². The minimum absolute atomic E-state index is 0.0543.